The molecule has 1 saturated heterocycles. The molecule has 10 heteroatoms. The summed E-state index contributed by atoms with van der Waals surface area (Å²) in [4.78, 5) is 54.7. The van der Waals surface area contributed by atoms with Crippen molar-refractivity contribution in [3.63, 3.8) is 0 Å². The van der Waals surface area contributed by atoms with Crippen molar-refractivity contribution in [2.75, 3.05) is 25.5 Å². The second kappa shape index (κ2) is 10.8. The molecule has 0 bridgehead atoms. The van der Waals surface area contributed by atoms with Gasteiger partial charge in [0.25, 0.3) is 0 Å². The van der Waals surface area contributed by atoms with E-state index in [4.69, 9.17) is 4.74 Å². The number of amides is 4. The molecule has 1 aromatic rings. The molecule has 3 rings (SSSR count). The van der Waals surface area contributed by atoms with Crippen LogP contribution in [0.15, 0.2) is 24.3 Å². The van der Waals surface area contributed by atoms with Crippen molar-refractivity contribution in [2.45, 2.75) is 77.0 Å². The molecule has 2 heterocycles. The maximum absolute atomic E-state index is 13.9. The fourth-order valence-electron chi connectivity index (χ4n) is 4.98. The second-order valence-electron chi connectivity index (χ2n) is 11.2. The minimum atomic E-state index is -0.991. The molecule has 4 amide bonds. The molecule has 200 valence electrons. The third-order valence-corrected chi connectivity index (χ3v) is 6.76. The highest BCUT2D eigenvalue weighted by Gasteiger charge is 2.56. The Hall–Kier alpha value is -3.61. The molecule has 1 spiro atoms. The molecule has 2 aliphatic rings. The van der Waals surface area contributed by atoms with Crippen molar-refractivity contribution in [1.29, 1.82) is 5.26 Å². The van der Waals surface area contributed by atoms with E-state index < -0.39 is 29.2 Å². The summed E-state index contributed by atoms with van der Waals surface area (Å²) in [5.41, 5.74) is -0.161. The number of para-hydroxylation sites is 1. The Bertz CT molecular complexity index is 1110. The Kier molecular flexibility index (Phi) is 8.16. The zero-order valence-corrected chi connectivity index (χ0v) is 22.5. The number of hydrogen-bond donors (Lipinski definition) is 2. The summed E-state index contributed by atoms with van der Waals surface area (Å²) in [5.74, 6) is -0.800. The maximum atomic E-state index is 13.9. The van der Waals surface area contributed by atoms with Crippen molar-refractivity contribution in [3.05, 3.63) is 29.8 Å². The zero-order valence-electron chi connectivity index (χ0n) is 22.5. The van der Waals surface area contributed by atoms with Gasteiger partial charge >= 0.3 is 6.09 Å². The lowest BCUT2D eigenvalue weighted by Crippen LogP contribution is -2.52. The number of hydrogen-bond acceptors (Lipinski definition) is 6. The molecule has 2 aliphatic heterocycles. The van der Waals surface area contributed by atoms with Crippen LogP contribution in [0.3, 0.4) is 0 Å². The molecule has 2 N–H and O–H groups in total. The van der Waals surface area contributed by atoms with E-state index in [9.17, 15) is 24.4 Å². The topological polar surface area (TPSA) is 132 Å². The van der Waals surface area contributed by atoms with E-state index in [2.05, 4.69) is 16.7 Å². The van der Waals surface area contributed by atoms with Crippen molar-refractivity contribution < 1.29 is 23.9 Å². The molecule has 0 aliphatic carbocycles. The van der Waals surface area contributed by atoms with Gasteiger partial charge in [0.15, 0.2) is 0 Å². The fraction of sp³-hybridized carbons (Fsp3) is 0.593. The van der Waals surface area contributed by atoms with E-state index in [0.29, 0.717) is 12.1 Å². The first-order valence-electron chi connectivity index (χ1n) is 12.6. The average molecular weight is 512 g/mol. The number of nitrogens with one attached hydrogen (secondary N) is 2. The number of ether oxygens (including phenoxy) is 1. The summed E-state index contributed by atoms with van der Waals surface area (Å²) in [7, 11) is 1.56. The van der Waals surface area contributed by atoms with Gasteiger partial charge in [0, 0.05) is 38.7 Å². The van der Waals surface area contributed by atoms with Gasteiger partial charge in [-0.1, -0.05) is 32.0 Å². The first-order chi connectivity index (χ1) is 17.3. The molecule has 0 radical (unpaired) electrons. The van der Waals surface area contributed by atoms with Crippen LogP contribution in [-0.4, -0.2) is 71.4 Å². The predicted molar refractivity (Wildman–Crippen MR) is 137 cm³/mol. The van der Waals surface area contributed by atoms with Gasteiger partial charge in [-0.25, -0.2) is 4.79 Å². The molecule has 0 saturated carbocycles. The molecular weight excluding hydrogens is 474 g/mol. The van der Waals surface area contributed by atoms with Gasteiger partial charge in [-0.3, -0.25) is 14.4 Å². The number of nitriles is 1. The van der Waals surface area contributed by atoms with Crippen LogP contribution in [0.2, 0.25) is 0 Å². The van der Waals surface area contributed by atoms with Gasteiger partial charge in [0.05, 0.1) is 11.5 Å². The smallest absolute Gasteiger partial charge is 0.407 e. The first kappa shape index (κ1) is 28.0. The van der Waals surface area contributed by atoms with E-state index in [-0.39, 0.29) is 49.6 Å². The number of benzene rings is 1. The van der Waals surface area contributed by atoms with Crippen LogP contribution < -0.4 is 10.6 Å². The van der Waals surface area contributed by atoms with Crippen molar-refractivity contribution in [3.8, 4) is 6.07 Å². The molecule has 37 heavy (non-hydrogen) atoms. The summed E-state index contributed by atoms with van der Waals surface area (Å²) in [6.45, 7) is 9.29. The van der Waals surface area contributed by atoms with Gasteiger partial charge in [0.1, 0.15) is 17.7 Å². The molecule has 1 aromatic carbocycles. The van der Waals surface area contributed by atoms with Crippen LogP contribution in [0.4, 0.5) is 10.5 Å². The summed E-state index contributed by atoms with van der Waals surface area (Å²) >= 11 is 0. The zero-order chi connectivity index (χ0) is 27.5. The summed E-state index contributed by atoms with van der Waals surface area (Å²) in [5, 5.41) is 15.4. The SMILES string of the molecule is CC(C)C[C@@H](C(=O)N1C[C@]2(C[C@H]1C#N)C(=O)Nc1ccccc12)N(C)C(=O)CCNC(=O)OC(C)(C)C. The third-order valence-electron chi connectivity index (χ3n) is 6.76. The molecule has 0 unspecified atom stereocenters. The normalized spacial score (nSPS) is 21.3. The Morgan fingerprint density at radius 2 is 1.97 bits per heavy atom. The monoisotopic (exact) mass is 511 g/mol. The van der Waals surface area contributed by atoms with Crippen LogP contribution in [0.25, 0.3) is 0 Å². The van der Waals surface area contributed by atoms with E-state index in [1.807, 2.05) is 38.1 Å². The predicted octanol–water partition coefficient (Wildman–Crippen LogP) is 2.79. The van der Waals surface area contributed by atoms with Gasteiger partial charge in [-0.2, -0.15) is 5.26 Å². The Morgan fingerprint density at radius 3 is 2.59 bits per heavy atom. The van der Waals surface area contributed by atoms with Crippen LogP contribution >= 0.6 is 0 Å². The lowest BCUT2D eigenvalue weighted by molar-refractivity contribution is -0.145. The van der Waals surface area contributed by atoms with Crippen LogP contribution in [-0.2, 0) is 24.5 Å². The molecule has 10 nitrogen and oxygen atoms in total. The summed E-state index contributed by atoms with van der Waals surface area (Å²) in [6, 6.07) is 7.93. The average Bonchev–Trinajstić information content (AvgIpc) is 3.33. The highest BCUT2D eigenvalue weighted by molar-refractivity contribution is 6.07. The lowest BCUT2D eigenvalue weighted by Gasteiger charge is -2.33. The van der Waals surface area contributed by atoms with Crippen molar-refractivity contribution in [1.82, 2.24) is 15.1 Å². The van der Waals surface area contributed by atoms with Gasteiger partial charge < -0.3 is 25.2 Å². The van der Waals surface area contributed by atoms with Gasteiger partial charge in [-0.15, -0.1) is 0 Å². The Labute approximate surface area is 218 Å². The van der Waals surface area contributed by atoms with Crippen molar-refractivity contribution in [2.24, 2.45) is 5.92 Å². The van der Waals surface area contributed by atoms with Gasteiger partial charge in [0.2, 0.25) is 17.7 Å². The van der Waals surface area contributed by atoms with Crippen molar-refractivity contribution >= 4 is 29.5 Å². The number of carbonyl (C=O) groups excluding carboxylic acids is 4. The summed E-state index contributed by atoms with van der Waals surface area (Å²) in [6.07, 6.45) is -0.0411. The number of carbonyl (C=O) groups is 4. The number of rotatable bonds is 7. The minimum Gasteiger partial charge on any atom is -0.444 e. The number of anilines is 1. The molecule has 1 fully saturated rings. The van der Waals surface area contributed by atoms with Crippen LogP contribution in [0, 0.1) is 17.2 Å². The highest BCUT2D eigenvalue weighted by atomic mass is 16.6. The lowest BCUT2D eigenvalue weighted by atomic mass is 9.80. The number of fused-ring (bicyclic) bond motifs is 2. The largest absolute Gasteiger partial charge is 0.444 e. The number of nitrogens with zero attached hydrogens (tertiary/aromatic N) is 3. The summed E-state index contributed by atoms with van der Waals surface area (Å²) < 4.78 is 5.19. The maximum Gasteiger partial charge on any atom is 0.407 e. The fourth-order valence-corrected chi connectivity index (χ4v) is 4.98. The molecule has 3 atom stereocenters. The van der Waals surface area contributed by atoms with E-state index in [1.54, 1.807) is 27.8 Å². The second-order valence-corrected chi connectivity index (χ2v) is 11.2. The standard InChI is InChI=1S/C27H37N5O5/c1-17(2)13-21(31(6)22(33)11-12-29-25(36)37-26(3,4)5)23(34)32-16-27(14-18(32)15-28)19-9-7-8-10-20(19)30-24(27)35/h7-10,17-18,21H,11-14,16H2,1-6H3,(H,29,36)(H,30,35)/t18-,21-,27-/m0/s1. The number of likely N-dealkylation sites (N-methyl/N-ethyl adjacent to an activating group) is 1. The first-order valence-corrected chi connectivity index (χ1v) is 12.6. The highest BCUT2D eigenvalue weighted by Crippen LogP contribution is 2.46. The van der Waals surface area contributed by atoms with Gasteiger partial charge in [-0.05, 0) is 44.7 Å². The van der Waals surface area contributed by atoms with E-state index >= 15 is 0 Å². The van der Waals surface area contributed by atoms with E-state index in [0.717, 1.165) is 5.56 Å². The van der Waals surface area contributed by atoms with Crippen LogP contribution in [0.5, 0.6) is 0 Å². The molecular formula is C27H37N5O5. The number of alkyl carbamates (subject to hydrolysis) is 1. The Balaban J connectivity index is 1.75. The van der Waals surface area contributed by atoms with E-state index in [1.165, 1.54) is 9.80 Å². The number of likely N-dealkylation sites (tertiary alicyclic amines) is 1. The quantitative estimate of drug-likeness (QED) is 0.579. The molecule has 0 aromatic heterocycles. The minimum absolute atomic E-state index is 0.0149. The third kappa shape index (κ3) is 6.04. The Morgan fingerprint density at radius 1 is 1.30 bits per heavy atom. The van der Waals surface area contributed by atoms with Crippen LogP contribution in [0.1, 0.15) is 59.4 Å².